The van der Waals surface area contributed by atoms with Crippen molar-refractivity contribution in [1.82, 2.24) is 0 Å². The number of allylic oxidation sites excluding steroid dienone is 4. The van der Waals surface area contributed by atoms with Crippen LogP contribution in [0.1, 0.15) is 45.4 Å². The predicted molar refractivity (Wildman–Crippen MR) is 83.0 cm³/mol. The highest BCUT2D eigenvalue weighted by Crippen LogP contribution is 2.62. The number of rotatable bonds is 1. The molecule has 118 valence electrons. The number of ketones is 2. The molecule has 0 aromatic rings. The molecule has 4 aliphatic rings. The van der Waals surface area contributed by atoms with Gasteiger partial charge >= 0.3 is 0 Å². The van der Waals surface area contributed by atoms with Crippen molar-refractivity contribution in [1.29, 1.82) is 0 Å². The molecule has 4 rings (SSSR count). The number of hydrogen-bond acceptors (Lipinski definition) is 3. The lowest BCUT2D eigenvalue weighted by molar-refractivity contribution is -0.143. The number of carbonyl (C=O) groups is 2. The number of aliphatic hydroxyl groups excluding tert-OH is 1. The summed E-state index contributed by atoms with van der Waals surface area (Å²) >= 11 is 0. The molecule has 2 fully saturated rings. The van der Waals surface area contributed by atoms with Gasteiger partial charge in [0.2, 0.25) is 0 Å². The first-order chi connectivity index (χ1) is 10.5. The molecule has 0 bridgehead atoms. The van der Waals surface area contributed by atoms with E-state index >= 15 is 0 Å². The molecule has 5 atom stereocenters. The Morgan fingerprint density at radius 3 is 2.82 bits per heavy atom. The van der Waals surface area contributed by atoms with Gasteiger partial charge in [0.05, 0.1) is 12.0 Å². The summed E-state index contributed by atoms with van der Waals surface area (Å²) < 4.78 is 0. The molecular formula is C19H24O3. The smallest absolute Gasteiger partial charge is 0.159 e. The van der Waals surface area contributed by atoms with E-state index in [1.807, 2.05) is 6.08 Å². The Morgan fingerprint density at radius 1 is 1.23 bits per heavy atom. The van der Waals surface area contributed by atoms with Crippen LogP contribution in [0.4, 0.5) is 0 Å². The molecule has 3 nitrogen and oxygen atoms in total. The van der Waals surface area contributed by atoms with Gasteiger partial charge in [-0.1, -0.05) is 19.1 Å². The molecule has 0 radical (unpaired) electrons. The molecule has 0 unspecified atom stereocenters. The van der Waals surface area contributed by atoms with Gasteiger partial charge in [-0.3, -0.25) is 9.59 Å². The van der Waals surface area contributed by atoms with E-state index < -0.39 is 5.41 Å². The van der Waals surface area contributed by atoms with Gasteiger partial charge in [-0.05, 0) is 61.0 Å². The van der Waals surface area contributed by atoms with Crippen molar-refractivity contribution in [2.24, 2.45) is 28.6 Å². The normalized spacial score (nSPS) is 46.8. The van der Waals surface area contributed by atoms with Crippen molar-refractivity contribution in [3.63, 3.8) is 0 Å². The first kappa shape index (κ1) is 14.4. The topological polar surface area (TPSA) is 54.4 Å². The summed E-state index contributed by atoms with van der Waals surface area (Å²) in [5, 5.41) is 9.94. The first-order valence-corrected chi connectivity index (χ1v) is 8.60. The fourth-order valence-electron chi connectivity index (χ4n) is 5.93. The maximum atomic E-state index is 12.8. The second kappa shape index (κ2) is 4.64. The number of Topliss-reactive ketones (excluding diaryl/α,β-unsaturated/α-hetero) is 1. The van der Waals surface area contributed by atoms with E-state index in [2.05, 4.69) is 19.1 Å². The van der Waals surface area contributed by atoms with Crippen molar-refractivity contribution < 1.29 is 14.7 Å². The van der Waals surface area contributed by atoms with Crippen LogP contribution in [-0.2, 0) is 9.59 Å². The molecule has 0 amide bonds. The summed E-state index contributed by atoms with van der Waals surface area (Å²) in [6.45, 7) is 2.22. The fraction of sp³-hybridized carbons (Fsp3) is 0.684. The number of carbonyl (C=O) groups excluding carboxylic acids is 2. The lowest BCUT2D eigenvalue weighted by Crippen LogP contribution is -2.54. The van der Waals surface area contributed by atoms with E-state index in [0.717, 1.165) is 32.1 Å². The summed E-state index contributed by atoms with van der Waals surface area (Å²) in [7, 11) is 0. The Labute approximate surface area is 131 Å². The molecule has 2 saturated carbocycles. The summed E-state index contributed by atoms with van der Waals surface area (Å²) in [5.41, 5.74) is 0.634. The third-order valence-corrected chi connectivity index (χ3v) is 7.23. The predicted octanol–water partition coefficient (Wildman–Crippen LogP) is 2.84. The van der Waals surface area contributed by atoms with E-state index in [-0.39, 0.29) is 35.4 Å². The first-order valence-electron chi connectivity index (χ1n) is 8.60. The van der Waals surface area contributed by atoms with E-state index in [9.17, 15) is 14.7 Å². The van der Waals surface area contributed by atoms with E-state index in [1.54, 1.807) is 0 Å². The molecule has 22 heavy (non-hydrogen) atoms. The quantitative estimate of drug-likeness (QED) is 0.810. The summed E-state index contributed by atoms with van der Waals surface area (Å²) in [6, 6.07) is 0. The zero-order valence-electron chi connectivity index (χ0n) is 13.2. The zero-order chi connectivity index (χ0) is 15.5. The molecule has 0 aromatic heterocycles. The third-order valence-electron chi connectivity index (χ3n) is 7.23. The van der Waals surface area contributed by atoms with Crippen LogP contribution in [0.15, 0.2) is 23.8 Å². The highest BCUT2D eigenvalue weighted by atomic mass is 16.3. The van der Waals surface area contributed by atoms with Crippen LogP contribution in [-0.4, -0.2) is 23.3 Å². The van der Waals surface area contributed by atoms with Crippen LogP contribution in [0.5, 0.6) is 0 Å². The minimum atomic E-state index is -0.622. The van der Waals surface area contributed by atoms with E-state index in [0.29, 0.717) is 12.3 Å². The van der Waals surface area contributed by atoms with Gasteiger partial charge in [0.15, 0.2) is 5.78 Å². The van der Waals surface area contributed by atoms with E-state index in [4.69, 9.17) is 0 Å². The van der Waals surface area contributed by atoms with Crippen molar-refractivity contribution in [3.8, 4) is 0 Å². The van der Waals surface area contributed by atoms with Gasteiger partial charge in [0.25, 0.3) is 0 Å². The van der Waals surface area contributed by atoms with Crippen LogP contribution in [0.2, 0.25) is 0 Å². The minimum absolute atomic E-state index is 0.0526. The summed E-state index contributed by atoms with van der Waals surface area (Å²) in [6.07, 6.45) is 11.3. The molecule has 0 aliphatic heterocycles. The average Bonchev–Trinajstić information content (AvgIpc) is 2.86. The van der Waals surface area contributed by atoms with Crippen LogP contribution in [0.25, 0.3) is 0 Å². The molecule has 1 N–H and O–H groups in total. The Morgan fingerprint density at radius 2 is 2.05 bits per heavy atom. The van der Waals surface area contributed by atoms with Crippen molar-refractivity contribution in [2.45, 2.75) is 45.4 Å². The SMILES string of the molecule is C[C@]12CCC=CC1=CC(=O)[C@H]1[C@@H]3CCC(=O)[C@@]3(CO)CC[C@@H]12. The molecule has 4 aliphatic carbocycles. The minimum Gasteiger partial charge on any atom is -0.395 e. The van der Waals surface area contributed by atoms with Crippen LogP contribution in [0, 0.1) is 28.6 Å². The van der Waals surface area contributed by atoms with Gasteiger partial charge in [0, 0.05) is 12.3 Å². The van der Waals surface area contributed by atoms with Gasteiger partial charge in [0.1, 0.15) is 5.78 Å². The third kappa shape index (κ3) is 1.61. The lowest BCUT2D eigenvalue weighted by atomic mass is 9.48. The molecule has 0 heterocycles. The van der Waals surface area contributed by atoms with E-state index in [1.165, 1.54) is 5.57 Å². The second-order valence-corrected chi connectivity index (χ2v) is 7.91. The highest BCUT2D eigenvalue weighted by molar-refractivity contribution is 5.97. The monoisotopic (exact) mass is 300 g/mol. The van der Waals surface area contributed by atoms with Crippen LogP contribution >= 0.6 is 0 Å². The average molecular weight is 300 g/mol. The van der Waals surface area contributed by atoms with Crippen molar-refractivity contribution >= 4 is 11.6 Å². The Kier molecular flexibility index (Phi) is 3.03. The Bertz CT molecular complexity index is 602. The molecule has 3 heteroatoms. The van der Waals surface area contributed by atoms with Gasteiger partial charge in [-0.15, -0.1) is 0 Å². The van der Waals surface area contributed by atoms with Gasteiger partial charge in [-0.2, -0.15) is 0 Å². The van der Waals surface area contributed by atoms with Crippen molar-refractivity contribution in [2.75, 3.05) is 6.61 Å². The number of hydrogen-bond donors (Lipinski definition) is 1. The zero-order valence-corrected chi connectivity index (χ0v) is 13.2. The Hall–Kier alpha value is -1.22. The Balaban J connectivity index is 1.80. The molecule has 0 spiro atoms. The lowest BCUT2D eigenvalue weighted by Gasteiger charge is -2.54. The van der Waals surface area contributed by atoms with Crippen LogP contribution in [0.3, 0.4) is 0 Å². The number of aliphatic hydroxyl groups is 1. The summed E-state index contributed by atoms with van der Waals surface area (Å²) in [5.74, 6) is 0.709. The fourth-order valence-corrected chi connectivity index (χ4v) is 5.93. The van der Waals surface area contributed by atoms with Gasteiger partial charge < -0.3 is 5.11 Å². The molecular weight excluding hydrogens is 276 g/mol. The molecule has 0 saturated heterocycles. The van der Waals surface area contributed by atoms with Gasteiger partial charge in [-0.25, -0.2) is 0 Å². The maximum absolute atomic E-state index is 12.8. The standard InChI is InChI=1S/C19H24O3/c1-18-8-3-2-4-12(18)10-15(21)17-13(18)7-9-19(11-20)14(17)5-6-16(19)22/h2,4,10,13-14,17,20H,3,5-9,11H2,1H3/t13-,14-,17+,18-,19+/m0/s1. The molecule has 0 aromatic carbocycles. The summed E-state index contributed by atoms with van der Waals surface area (Å²) in [4.78, 5) is 25.2. The number of fused-ring (bicyclic) bond motifs is 5. The largest absolute Gasteiger partial charge is 0.395 e. The van der Waals surface area contributed by atoms with Crippen molar-refractivity contribution in [3.05, 3.63) is 23.8 Å². The second-order valence-electron chi connectivity index (χ2n) is 7.91. The highest BCUT2D eigenvalue weighted by Gasteiger charge is 2.61. The van der Waals surface area contributed by atoms with Crippen LogP contribution < -0.4 is 0 Å². The maximum Gasteiger partial charge on any atom is 0.159 e.